The van der Waals surface area contributed by atoms with E-state index in [1.807, 2.05) is 24.3 Å². The zero-order valence-electron chi connectivity index (χ0n) is 13.2. The zero-order valence-corrected chi connectivity index (χ0v) is 13.2. The molecular weight excluding hydrogens is 304 g/mol. The molecule has 0 radical (unpaired) electrons. The van der Waals surface area contributed by atoms with Gasteiger partial charge in [-0.3, -0.25) is 9.78 Å². The third kappa shape index (κ3) is 3.87. The molecular formula is C18H18N4O2. The van der Waals surface area contributed by atoms with Gasteiger partial charge in [0.05, 0.1) is 0 Å². The molecule has 0 saturated carbocycles. The molecule has 1 amide bonds. The Hall–Kier alpha value is -2.94. The lowest BCUT2D eigenvalue weighted by atomic mass is 10.0. The third-order valence-corrected chi connectivity index (χ3v) is 3.85. The van der Waals surface area contributed by atoms with Crippen LogP contribution in [0.1, 0.15) is 19.3 Å². The van der Waals surface area contributed by atoms with Crippen LogP contribution in [0.25, 0.3) is 10.9 Å². The number of pyridine rings is 1. The molecule has 122 valence electrons. The number of hydrogen-bond acceptors (Lipinski definition) is 5. The van der Waals surface area contributed by atoms with E-state index >= 15 is 0 Å². The number of nitrogens with one attached hydrogen (secondary N) is 1. The van der Waals surface area contributed by atoms with E-state index in [0.717, 1.165) is 17.3 Å². The summed E-state index contributed by atoms with van der Waals surface area (Å²) in [5, 5.41) is 11.9. The minimum absolute atomic E-state index is 0.0542. The average Bonchev–Trinajstić information content (AvgIpc) is 3.38. The standard InChI is InChI=1S/C18H18N4O2/c1-2-3-9-18(21-22-18)10-12-19-16(23)13-24-15-8-4-6-14-7-5-11-20-17(14)15/h1,4-8,11H,3,9-10,12-13H2,(H,19,23). The van der Waals surface area contributed by atoms with Crippen LogP contribution in [0.5, 0.6) is 5.75 Å². The van der Waals surface area contributed by atoms with Gasteiger partial charge in [-0.05, 0) is 12.1 Å². The second-order valence-corrected chi connectivity index (χ2v) is 5.61. The van der Waals surface area contributed by atoms with Gasteiger partial charge in [0, 0.05) is 37.4 Å². The molecule has 1 aliphatic rings. The fraction of sp³-hybridized carbons (Fsp3) is 0.333. The maximum Gasteiger partial charge on any atom is 0.257 e. The van der Waals surface area contributed by atoms with Crippen molar-refractivity contribution in [1.29, 1.82) is 0 Å². The Morgan fingerprint density at radius 3 is 2.88 bits per heavy atom. The lowest BCUT2D eigenvalue weighted by Gasteiger charge is -2.11. The number of amides is 1. The molecule has 0 fully saturated rings. The van der Waals surface area contributed by atoms with Crippen LogP contribution in [0.3, 0.4) is 0 Å². The summed E-state index contributed by atoms with van der Waals surface area (Å²) in [6, 6.07) is 9.45. The monoisotopic (exact) mass is 322 g/mol. The fourth-order valence-electron chi connectivity index (χ4n) is 2.46. The summed E-state index contributed by atoms with van der Waals surface area (Å²) in [6.07, 6.45) is 8.99. The highest BCUT2D eigenvalue weighted by Gasteiger charge is 2.38. The van der Waals surface area contributed by atoms with Crippen molar-refractivity contribution in [3.05, 3.63) is 36.5 Å². The summed E-state index contributed by atoms with van der Waals surface area (Å²) in [4.78, 5) is 16.2. The van der Waals surface area contributed by atoms with Gasteiger partial charge < -0.3 is 10.1 Å². The van der Waals surface area contributed by atoms with Crippen LogP contribution < -0.4 is 10.1 Å². The second kappa shape index (κ2) is 7.09. The van der Waals surface area contributed by atoms with Crippen LogP contribution in [0.2, 0.25) is 0 Å². The normalized spacial score (nSPS) is 14.1. The van der Waals surface area contributed by atoms with Gasteiger partial charge in [0.15, 0.2) is 12.3 Å². The molecule has 0 aliphatic carbocycles. The highest BCUT2D eigenvalue weighted by molar-refractivity contribution is 5.85. The van der Waals surface area contributed by atoms with Gasteiger partial charge in [-0.15, -0.1) is 12.3 Å². The lowest BCUT2D eigenvalue weighted by molar-refractivity contribution is -0.123. The summed E-state index contributed by atoms with van der Waals surface area (Å²) in [6.45, 7) is 0.439. The van der Waals surface area contributed by atoms with Crippen molar-refractivity contribution in [2.45, 2.75) is 24.9 Å². The number of hydrogen-bond donors (Lipinski definition) is 1. The van der Waals surface area contributed by atoms with Gasteiger partial charge in [0.25, 0.3) is 5.91 Å². The van der Waals surface area contributed by atoms with E-state index in [4.69, 9.17) is 11.2 Å². The third-order valence-electron chi connectivity index (χ3n) is 3.85. The molecule has 0 atom stereocenters. The Balaban J connectivity index is 1.45. The average molecular weight is 322 g/mol. The molecule has 1 aromatic heterocycles. The van der Waals surface area contributed by atoms with Gasteiger partial charge in [0.1, 0.15) is 11.3 Å². The number of rotatable bonds is 8. The van der Waals surface area contributed by atoms with Crippen LogP contribution in [0, 0.1) is 12.3 Å². The van der Waals surface area contributed by atoms with E-state index in [1.165, 1.54) is 0 Å². The van der Waals surface area contributed by atoms with Gasteiger partial charge >= 0.3 is 0 Å². The quantitative estimate of drug-likeness (QED) is 0.759. The molecule has 3 rings (SSSR count). The first-order valence-electron chi connectivity index (χ1n) is 7.83. The van der Waals surface area contributed by atoms with Crippen molar-refractivity contribution in [3.8, 4) is 18.1 Å². The molecule has 0 saturated heterocycles. The number of terminal acetylenes is 1. The number of carbonyl (C=O) groups is 1. The van der Waals surface area contributed by atoms with E-state index < -0.39 is 0 Å². The van der Waals surface area contributed by atoms with E-state index in [-0.39, 0.29) is 18.2 Å². The summed E-state index contributed by atoms with van der Waals surface area (Å²) in [5.74, 6) is 3.00. The number of benzene rings is 1. The summed E-state index contributed by atoms with van der Waals surface area (Å²) in [5.41, 5.74) is 0.372. The first-order valence-corrected chi connectivity index (χ1v) is 7.83. The minimum atomic E-state index is -0.375. The molecule has 24 heavy (non-hydrogen) atoms. The van der Waals surface area contributed by atoms with Crippen LogP contribution in [0.15, 0.2) is 46.8 Å². The smallest absolute Gasteiger partial charge is 0.257 e. The first kappa shape index (κ1) is 15.9. The van der Waals surface area contributed by atoms with Crippen molar-refractivity contribution < 1.29 is 9.53 Å². The molecule has 0 spiro atoms. The topological polar surface area (TPSA) is 75.9 Å². The van der Waals surface area contributed by atoms with Gasteiger partial charge in [-0.2, -0.15) is 10.2 Å². The van der Waals surface area contributed by atoms with Crippen molar-refractivity contribution in [2.75, 3.05) is 13.2 Å². The maximum atomic E-state index is 11.9. The fourth-order valence-corrected chi connectivity index (χ4v) is 2.46. The Kier molecular flexibility index (Phi) is 4.71. The van der Waals surface area contributed by atoms with Crippen LogP contribution in [0.4, 0.5) is 0 Å². The molecule has 1 N–H and O–H groups in total. The Morgan fingerprint density at radius 1 is 1.25 bits per heavy atom. The van der Waals surface area contributed by atoms with Crippen LogP contribution >= 0.6 is 0 Å². The van der Waals surface area contributed by atoms with E-state index in [9.17, 15) is 4.79 Å². The van der Waals surface area contributed by atoms with Crippen LogP contribution in [-0.2, 0) is 4.79 Å². The van der Waals surface area contributed by atoms with E-state index in [2.05, 4.69) is 26.4 Å². The second-order valence-electron chi connectivity index (χ2n) is 5.61. The number of aromatic nitrogens is 1. The molecule has 6 heteroatoms. The SMILES string of the molecule is C#CCCC1(CCNC(=O)COc2cccc3cccnc23)N=N1. The minimum Gasteiger partial charge on any atom is -0.481 e. The largest absolute Gasteiger partial charge is 0.481 e. The zero-order chi connectivity index (χ0) is 16.8. The highest BCUT2D eigenvalue weighted by Crippen LogP contribution is 2.36. The highest BCUT2D eigenvalue weighted by atomic mass is 16.5. The van der Waals surface area contributed by atoms with E-state index in [0.29, 0.717) is 25.1 Å². The Bertz CT molecular complexity index is 799. The molecule has 1 aromatic carbocycles. The maximum absolute atomic E-state index is 11.9. The molecule has 6 nitrogen and oxygen atoms in total. The Morgan fingerprint density at radius 2 is 2.08 bits per heavy atom. The number of fused-ring (bicyclic) bond motifs is 1. The number of carbonyl (C=O) groups excluding carboxylic acids is 1. The van der Waals surface area contributed by atoms with E-state index in [1.54, 1.807) is 12.3 Å². The van der Waals surface area contributed by atoms with Crippen molar-refractivity contribution in [3.63, 3.8) is 0 Å². The molecule has 0 bridgehead atoms. The summed E-state index contributed by atoms with van der Waals surface area (Å²) < 4.78 is 5.60. The van der Waals surface area contributed by atoms with Gasteiger partial charge in [0.2, 0.25) is 0 Å². The molecule has 2 heterocycles. The summed E-state index contributed by atoms with van der Waals surface area (Å²) in [7, 11) is 0. The number of para-hydroxylation sites is 1. The van der Waals surface area contributed by atoms with Gasteiger partial charge in [-0.1, -0.05) is 18.2 Å². The van der Waals surface area contributed by atoms with Crippen molar-refractivity contribution in [2.24, 2.45) is 10.2 Å². The van der Waals surface area contributed by atoms with Gasteiger partial charge in [-0.25, -0.2) is 0 Å². The van der Waals surface area contributed by atoms with Crippen molar-refractivity contribution in [1.82, 2.24) is 10.3 Å². The lowest BCUT2D eigenvalue weighted by Crippen LogP contribution is -2.32. The van der Waals surface area contributed by atoms with Crippen molar-refractivity contribution >= 4 is 16.8 Å². The molecule has 2 aromatic rings. The number of ether oxygens (including phenoxy) is 1. The predicted octanol–water partition coefficient (Wildman–Crippen LogP) is 2.70. The molecule has 0 unspecified atom stereocenters. The molecule has 1 aliphatic heterocycles. The Labute approximate surface area is 140 Å². The first-order chi connectivity index (χ1) is 11.7. The number of nitrogens with zero attached hydrogens (tertiary/aromatic N) is 3. The predicted molar refractivity (Wildman–Crippen MR) is 90.5 cm³/mol. The van der Waals surface area contributed by atoms with Crippen LogP contribution in [-0.4, -0.2) is 29.7 Å². The summed E-state index contributed by atoms with van der Waals surface area (Å²) >= 11 is 0.